The van der Waals surface area contributed by atoms with Crippen molar-refractivity contribution in [1.82, 2.24) is 9.55 Å². The molecule has 0 amide bonds. The monoisotopic (exact) mass is 342 g/mol. The van der Waals surface area contributed by atoms with Gasteiger partial charge in [-0.1, -0.05) is 36.7 Å². The van der Waals surface area contributed by atoms with E-state index in [0.29, 0.717) is 17.8 Å². The molecule has 0 spiro atoms. The van der Waals surface area contributed by atoms with Crippen molar-refractivity contribution in [3.05, 3.63) is 28.5 Å². The van der Waals surface area contributed by atoms with Gasteiger partial charge < -0.3 is 4.57 Å². The van der Waals surface area contributed by atoms with Crippen LogP contribution < -0.4 is 0 Å². The van der Waals surface area contributed by atoms with E-state index in [9.17, 15) is 0 Å². The highest BCUT2D eigenvalue weighted by molar-refractivity contribution is 9.10. The molecule has 1 aromatic heterocycles. The summed E-state index contributed by atoms with van der Waals surface area (Å²) in [6.45, 7) is 6.77. The van der Waals surface area contributed by atoms with Gasteiger partial charge in [-0.05, 0) is 30.5 Å². The lowest BCUT2D eigenvalue weighted by molar-refractivity contribution is 0.365. The Balaban J connectivity index is 2.63. The van der Waals surface area contributed by atoms with Crippen LogP contribution in [0.1, 0.15) is 39.1 Å². The molecule has 0 aliphatic carbocycles. The van der Waals surface area contributed by atoms with E-state index in [1.807, 2.05) is 0 Å². The van der Waals surface area contributed by atoms with Gasteiger partial charge in [0.05, 0.1) is 11.0 Å². The highest BCUT2D eigenvalue weighted by Gasteiger charge is 2.20. The van der Waals surface area contributed by atoms with Crippen LogP contribution >= 0.6 is 27.5 Å². The van der Waals surface area contributed by atoms with Gasteiger partial charge in [0.15, 0.2) is 0 Å². The second-order valence-corrected chi connectivity index (χ2v) is 6.48. The molecule has 0 radical (unpaired) electrons. The van der Waals surface area contributed by atoms with E-state index in [4.69, 9.17) is 16.6 Å². The Hall–Kier alpha value is -0.540. The molecule has 0 N–H and O–H groups in total. The highest BCUT2D eigenvalue weighted by Crippen LogP contribution is 2.30. The van der Waals surface area contributed by atoms with Gasteiger partial charge in [0.1, 0.15) is 5.82 Å². The first-order valence-corrected chi connectivity index (χ1v) is 8.13. The second-order valence-electron chi connectivity index (χ2n) is 5.19. The largest absolute Gasteiger partial charge is 0.325 e. The molecule has 0 bridgehead atoms. The fraction of sp³-hybridized carbons (Fsp3) is 0.533. The molecule has 4 heteroatoms. The summed E-state index contributed by atoms with van der Waals surface area (Å²) in [6.07, 6.45) is 1.92. The second kappa shape index (κ2) is 6.27. The summed E-state index contributed by atoms with van der Waals surface area (Å²) >= 11 is 9.44. The number of hydrogen-bond acceptors (Lipinski definition) is 1. The molecule has 0 aliphatic rings. The normalized spacial score (nSPS) is 13.4. The highest BCUT2D eigenvalue weighted by atomic mass is 79.9. The zero-order valence-electron chi connectivity index (χ0n) is 11.7. The smallest absolute Gasteiger partial charge is 0.111 e. The third-order valence-electron chi connectivity index (χ3n) is 3.56. The van der Waals surface area contributed by atoms with Crippen molar-refractivity contribution in [3.8, 4) is 0 Å². The number of aromatic nitrogens is 2. The summed E-state index contributed by atoms with van der Waals surface area (Å²) in [4.78, 5) is 4.76. The lowest BCUT2D eigenvalue weighted by Gasteiger charge is -2.24. The number of aryl methyl sites for hydroxylation is 1. The molecule has 0 aliphatic heterocycles. The lowest BCUT2D eigenvalue weighted by Crippen LogP contribution is -2.17. The molecule has 0 saturated carbocycles. The van der Waals surface area contributed by atoms with Crippen LogP contribution in [0.5, 0.6) is 0 Å². The Morgan fingerprint density at radius 1 is 1.37 bits per heavy atom. The van der Waals surface area contributed by atoms with Crippen LogP contribution in [-0.2, 0) is 6.42 Å². The molecule has 0 fully saturated rings. The third kappa shape index (κ3) is 2.97. The number of halogens is 2. The molecule has 19 heavy (non-hydrogen) atoms. The van der Waals surface area contributed by atoms with Crippen LogP contribution in [0, 0.1) is 5.92 Å². The predicted molar refractivity (Wildman–Crippen MR) is 86.0 cm³/mol. The molecular formula is C15H20BrClN2. The minimum atomic E-state index is 0.476. The van der Waals surface area contributed by atoms with E-state index < -0.39 is 0 Å². The number of hydrogen-bond donors (Lipinski definition) is 0. The summed E-state index contributed by atoms with van der Waals surface area (Å²) in [6, 6.07) is 6.79. The van der Waals surface area contributed by atoms with Gasteiger partial charge >= 0.3 is 0 Å². The van der Waals surface area contributed by atoms with E-state index in [-0.39, 0.29) is 0 Å². The van der Waals surface area contributed by atoms with Crippen LogP contribution in [0.2, 0.25) is 0 Å². The number of rotatable bonds is 5. The van der Waals surface area contributed by atoms with E-state index in [1.54, 1.807) is 0 Å². The molecule has 1 heterocycles. The van der Waals surface area contributed by atoms with Crippen LogP contribution in [0.25, 0.3) is 11.0 Å². The first-order chi connectivity index (χ1) is 9.08. The van der Waals surface area contributed by atoms with E-state index in [2.05, 4.69) is 59.5 Å². The fourth-order valence-corrected chi connectivity index (χ4v) is 3.22. The van der Waals surface area contributed by atoms with Gasteiger partial charge in [-0.15, -0.1) is 11.6 Å². The van der Waals surface area contributed by atoms with Gasteiger partial charge in [0.2, 0.25) is 0 Å². The van der Waals surface area contributed by atoms with E-state index >= 15 is 0 Å². The first kappa shape index (κ1) is 14.9. The molecule has 2 aromatic rings. The number of fused-ring (bicyclic) bond motifs is 1. The van der Waals surface area contributed by atoms with Gasteiger partial charge in [0, 0.05) is 22.8 Å². The third-order valence-corrected chi connectivity index (χ3v) is 4.24. The van der Waals surface area contributed by atoms with Crippen molar-refractivity contribution >= 4 is 38.6 Å². The number of imidazole rings is 1. The average Bonchev–Trinajstić information content (AvgIpc) is 2.68. The molecule has 104 valence electrons. The lowest BCUT2D eigenvalue weighted by atomic mass is 10.0. The molecular weight excluding hydrogens is 324 g/mol. The molecule has 1 aromatic carbocycles. The van der Waals surface area contributed by atoms with Crippen molar-refractivity contribution in [1.29, 1.82) is 0 Å². The van der Waals surface area contributed by atoms with Gasteiger partial charge in [-0.25, -0.2) is 4.98 Å². The van der Waals surface area contributed by atoms with Crippen molar-refractivity contribution in [2.24, 2.45) is 5.92 Å². The van der Waals surface area contributed by atoms with Gasteiger partial charge in [-0.3, -0.25) is 0 Å². The van der Waals surface area contributed by atoms with Crippen LogP contribution in [0.4, 0.5) is 0 Å². The van der Waals surface area contributed by atoms with Crippen molar-refractivity contribution in [3.63, 3.8) is 0 Å². The summed E-state index contributed by atoms with van der Waals surface area (Å²) in [5, 5.41) is 0. The van der Waals surface area contributed by atoms with Gasteiger partial charge in [0.25, 0.3) is 0 Å². The number of alkyl halides is 1. The topological polar surface area (TPSA) is 17.8 Å². The van der Waals surface area contributed by atoms with E-state index in [1.165, 1.54) is 5.52 Å². The quantitative estimate of drug-likeness (QED) is 0.683. The fourth-order valence-electron chi connectivity index (χ4n) is 2.70. The van der Waals surface area contributed by atoms with Crippen molar-refractivity contribution in [2.75, 3.05) is 5.88 Å². The summed E-state index contributed by atoms with van der Waals surface area (Å²) in [5.41, 5.74) is 2.26. The Bertz CT molecular complexity index is 563. The zero-order valence-corrected chi connectivity index (χ0v) is 14.0. The maximum absolute atomic E-state index is 5.93. The Labute approximate surface area is 128 Å². The Morgan fingerprint density at radius 2 is 2.11 bits per heavy atom. The SMILES string of the molecule is CCC(C(C)C)n1c(CCCl)nc2cc(Br)ccc21. The number of nitrogens with zero attached hydrogens (tertiary/aromatic N) is 2. The first-order valence-electron chi connectivity index (χ1n) is 6.80. The molecule has 1 unspecified atom stereocenters. The maximum atomic E-state index is 5.93. The summed E-state index contributed by atoms with van der Waals surface area (Å²) in [5.74, 6) is 2.29. The minimum Gasteiger partial charge on any atom is -0.325 e. The molecule has 1 atom stereocenters. The molecule has 0 saturated heterocycles. The van der Waals surface area contributed by atoms with Crippen molar-refractivity contribution < 1.29 is 0 Å². The predicted octanol–water partition coefficient (Wildman–Crippen LogP) is 5.19. The van der Waals surface area contributed by atoms with Crippen LogP contribution in [-0.4, -0.2) is 15.4 Å². The standard InChI is InChI=1S/C15H20BrClN2/c1-4-13(10(2)3)19-14-6-5-11(16)9-12(14)18-15(19)7-8-17/h5-6,9-10,13H,4,7-8H2,1-3H3. The zero-order chi connectivity index (χ0) is 14.0. The average molecular weight is 344 g/mol. The number of benzene rings is 1. The van der Waals surface area contributed by atoms with Crippen molar-refractivity contribution in [2.45, 2.75) is 39.7 Å². The minimum absolute atomic E-state index is 0.476. The Morgan fingerprint density at radius 3 is 2.68 bits per heavy atom. The maximum Gasteiger partial charge on any atom is 0.111 e. The Kier molecular flexibility index (Phi) is 4.91. The van der Waals surface area contributed by atoms with Crippen LogP contribution in [0.15, 0.2) is 22.7 Å². The van der Waals surface area contributed by atoms with E-state index in [0.717, 1.165) is 28.7 Å². The van der Waals surface area contributed by atoms with Crippen LogP contribution in [0.3, 0.4) is 0 Å². The molecule has 2 rings (SSSR count). The summed E-state index contributed by atoms with van der Waals surface area (Å²) in [7, 11) is 0. The summed E-state index contributed by atoms with van der Waals surface area (Å²) < 4.78 is 3.45. The van der Waals surface area contributed by atoms with Gasteiger partial charge in [-0.2, -0.15) is 0 Å². The molecule has 2 nitrogen and oxygen atoms in total.